The molecule has 0 aromatic heterocycles. The van der Waals surface area contributed by atoms with Crippen LogP contribution in [0.25, 0.3) is 0 Å². The van der Waals surface area contributed by atoms with Crippen LogP contribution >= 0.6 is 0 Å². The molecule has 0 bridgehead atoms. The Kier molecular flexibility index (Phi) is 3.81. The van der Waals surface area contributed by atoms with Crippen LogP contribution in [0.15, 0.2) is 71.5 Å². The van der Waals surface area contributed by atoms with Gasteiger partial charge in [0, 0.05) is 24.4 Å². The topological polar surface area (TPSA) is 49.7 Å². The highest BCUT2D eigenvalue weighted by Gasteiger charge is 2.20. The van der Waals surface area contributed by atoms with E-state index in [-0.39, 0.29) is 0 Å². The predicted octanol–water partition coefficient (Wildman–Crippen LogP) is 2.97. The van der Waals surface area contributed by atoms with Gasteiger partial charge in [-0.15, -0.1) is 0 Å². The van der Waals surface area contributed by atoms with Gasteiger partial charge in [0.15, 0.2) is 0 Å². The van der Waals surface area contributed by atoms with E-state index < -0.39 is 10.0 Å². The number of hydrogen-bond donors (Lipinski definition) is 0. The van der Waals surface area contributed by atoms with Gasteiger partial charge in [-0.2, -0.15) is 0 Å². The van der Waals surface area contributed by atoms with Gasteiger partial charge in [-0.25, -0.2) is 12.7 Å². The second kappa shape index (κ2) is 5.77. The van der Waals surface area contributed by atoms with Crippen LogP contribution in [0.5, 0.6) is 0 Å². The fourth-order valence-corrected chi connectivity index (χ4v) is 3.20. The zero-order valence-corrected chi connectivity index (χ0v) is 13.0. The quantitative estimate of drug-likeness (QED) is 0.875. The smallest absolute Gasteiger partial charge is 0.236 e. The molecule has 0 unspecified atom stereocenters. The van der Waals surface area contributed by atoms with Gasteiger partial charge in [0.1, 0.15) is 0 Å². The molecule has 0 saturated carbocycles. The summed E-state index contributed by atoms with van der Waals surface area (Å²) in [7, 11) is -3.41. The van der Waals surface area contributed by atoms with Crippen molar-refractivity contribution < 1.29 is 8.42 Å². The second-order valence-corrected chi connectivity index (χ2v) is 7.02. The molecule has 0 amide bonds. The van der Waals surface area contributed by atoms with Crippen LogP contribution < -0.4 is 4.31 Å². The Hall–Kier alpha value is -2.40. The summed E-state index contributed by atoms with van der Waals surface area (Å²) in [5.41, 5.74) is 3.20. The number of sulfonamides is 1. The van der Waals surface area contributed by atoms with E-state index in [9.17, 15) is 8.42 Å². The van der Waals surface area contributed by atoms with E-state index in [1.807, 2.05) is 48.5 Å². The number of para-hydroxylation sites is 1. The lowest BCUT2D eigenvalue weighted by atomic mass is 10.1. The molecular weight excluding hydrogens is 296 g/mol. The number of allylic oxidation sites excluding steroid dienone is 1. The molecule has 0 aliphatic carbocycles. The molecular formula is C17H16N2O2S. The van der Waals surface area contributed by atoms with Crippen molar-refractivity contribution >= 4 is 21.9 Å². The number of benzene rings is 2. The summed E-state index contributed by atoms with van der Waals surface area (Å²) < 4.78 is 25.6. The van der Waals surface area contributed by atoms with Gasteiger partial charge in [0.25, 0.3) is 0 Å². The molecule has 5 heteroatoms. The number of nitrogens with zero attached hydrogens (tertiary/aromatic N) is 2. The predicted molar refractivity (Wildman–Crippen MR) is 89.6 cm³/mol. The Morgan fingerprint density at radius 2 is 1.68 bits per heavy atom. The standard InChI is InChI=1S/C17H16N2O2S/c1-22(20,21)19-13-16(11-14-7-3-2-4-8-14)18-12-15-9-5-6-10-17(15)19/h2-10,12-13H,11H2,1H3. The van der Waals surface area contributed by atoms with E-state index in [1.165, 1.54) is 10.6 Å². The van der Waals surface area contributed by atoms with Crippen molar-refractivity contribution in [2.24, 2.45) is 4.99 Å². The van der Waals surface area contributed by atoms with Crippen LogP contribution in [0.1, 0.15) is 11.1 Å². The maximum Gasteiger partial charge on any atom is 0.236 e. The van der Waals surface area contributed by atoms with E-state index in [1.54, 1.807) is 18.5 Å². The summed E-state index contributed by atoms with van der Waals surface area (Å²) in [4.78, 5) is 4.45. The van der Waals surface area contributed by atoms with E-state index in [0.29, 0.717) is 17.8 Å². The molecule has 1 aliphatic heterocycles. The number of aliphatic imine (C=N–C) groups is 1. The van der Waals surface area contributed by atoms with Gasteiger partial charge in [-0.1, -0.05) is 48.5 Å². The number of rotatable bonds is 3. The van der Waals surface area contributed by atoms with Crippen LogP contribution in [0.4, 0.5) is 5.69 Å². The Bertz CT molecular complexity index is 840. The maximum absolute atomic E-state index is 12.1. The SMILES string of the molecule is CS(=O)(=O)N1C=C(Cc2ccccc2)N=Cc2ccccc21. The summed E-state index contributed by atoms with van der Waals surface area (Å²) in [6.45, 7) is 0. The molecule has 0 fully saturated rings. The normalized spacial score (nSPS) is 14.2. The lowest BCUT2D eigenvalue weighted by molar-refractivity contribution is 0.601. The van der Waals surface area contributed by atoms with E-state index in [0.717, 1.165) is 11.1 Å². The number of anilines is 1. The van der Waals surface area contributed by atoms with Crippen molar-refractivity contribution in [3.05, 3.63) is 77.6 Å². The highest BCUT2D eigenvalue weighted by molar-refractivity contribution is 7.92. The first kappa shape index (κ1) is 14.5. The third-order valence-corrected chi connectivity index (χ3v) is 4.41. The van der Waals surface area contributed by atoms with Crippen molar-refractivity contribution in [3.8, 4) is 0 Å². The zero-order valence-electron chi connectivity index (χ0n) is 12.2. The maximum atomic E-state index is 12.1. The fourth-order valence-electron chi connectivity index (χ4n) is 2.36. The van der Waals surface area contributed by atoms with Crippen LogP contribution in [-0.2, 0) is 16.4 Å². The zero-order chi connectivity index (χ0) is 15.6. The third-order valence-electron chi connectivity index (χ3n) is 3.40. The largest absolute Gasteiger partial charge is 0.259 e. The lowest BCUT2D eigenvalue weighted by Crippen LogP contribution is -2.25. The highest BCUT2D eigenvalue weighted by Crippen LogP contribution is 2.26. The summed E-state index contributed by atoms with van der Waals surface area (Å²) >= 11 is 0. The molecule has 112 valence electrons. The molecule has 1 heterocycles. The first-order chi connectivity index (χ1) is 10.5. The summed E-state index contributed by atoms with van der Waals surface area (Å²) in [6.07, 6.45) is 5.10. The van der Waals surface area contributed by atoms with Crippen molar-refractivity contribution in [2.75, 3.05) is 10.6 Å². The minimum Gasteiger partial charge on any atom is -0.259 e. The Morgan fingerprint density at radius 3 is 2.41 bits per heavy atom. The van der Waals surface area contributed by atoms with E-state index in [4.69, 9.17) is 0 Å². The van der Waals surface area contributed by atoms with Crippen molar-refractivity contribution in [2.45, 2.75) is 6.42 Å². The Morgan fingerprint density at radius 1 is 1.00 bits per heavy atom. The highest BCUT2D eigenvalue weighted by atomic mass is 32.2. The minimum atomic E-state index is -3.41. The summed E-state index contributed by atoms with van der Waals surface area (Å²) in [5, 5.41) is 0. The molecule has 0 N–H and O–H groups in total. The molecule has 0 atom stereocenters. The average molecular weight is 312 g/mol. The molecule has 22 heavy (non-hydrogen) atoms. The minimum absolute atomic E-state index is 0.581. The van der Waals surface area contributed by atoms with Crippen molar-refractivity contribution in [1.82, 2.24) is 0 Å². The Labute approximate surface area is 130 Å². The molecule has 4 nitrogen and oxygen atoms in total. The van der Waals surface area contributed by atoms with Crippen LogP contribution in [0.2, 0.25) is 0 Å². The molecule has 0 spiro atoms. The van der Waals surface area contributed by atoms with Gasteiger partial charge in [0.05, 0.1) is 17.6 Å². The number of fused-ring (bicyclic) bond motifs is 1. The molecule has 0 radical (unpaired) electrons. The third kappa shape index (κ3) is 3.09. The second-order valence-electron chi connectivity index (χ2n) is 5.16. The van der Waals surface area contributed by atoms with Gasteiger partial charge < -0.3 is 0 Å². The van der Waals surface area contributed by atoms with Gasteiger partial charge in [-0.3, -0.25) is 4.99 Å². The van der Waals surface area contributed by atoms with Crippen molar-refractivity contribution in [3.63, 3.8) is 0 Å². The lowest BCUT2D eigenvalue weighted by Gasteiger charge is -2.19. The molecule has 2 aromatic rings. The van der Waals surface area contributed by atoms with Crippen molar-refractivity contribution in [1.29, 1.82) is 0 Å². The fraction of sp³-hybridized carbons (Fsp3) is 0.118. The molecule has 3 rings (SSSR count). The van der Waals surface area contributed by atoms with Gasteiger partial charge in [0.2, 0.25) is 10.0 Å². The van der Waals surface area contributed by atoms with Gasteiger partial charge >= 0.3 is 0 Å². The van der Waals surface area contributed by atoms with Gasteiger partial charge in [-0.05, 0) is 11.6 Å². The van der Waals surface area contributed by atoms with E-state index in [2.05, 4.69) is 4.99 Å². The molecule has 2 aromatic carbocycles. The first-order valence-corrected chi connectivity index (χ1v) is 8.76. The summed E-state index contributed by atoms with van der Waals surface area (Å²) in [5.74, 6) is 0. The van der Waals surface area contributed by atoms with Crippen LogP contribution in [0, 0.1) is 0 Å². The molecule has 0 saturated heterocycles. The summed E-state index contributed by atoms with van der Waals surface area (Å²) in [6, 6.07) is 17.2. The number of hydrogen-bond acceptors (Lipinski definition) is 3. The Balaban J connectivity index is 2.04. The van der Waals surface area contributed by atoms with Crippen LogP contribution in [-0.4, -0.2) is 20.9 Å². The monoisotopic (exact) mass is 312 g/mol. The van der Waals surface area contributed by atoms with E-state index >= 15 is 0 Å². The first-order valence-electron chi connectivity index (χ1n) is 6.91. The van der Waals surface area contributed by atoms with Crippen LogP contribution in [0.3, 0.4) is 0 Å². The average Bonchev–Trinajstić information content (AvgIpc) is 2.68. The molecule has 1 aliphatic rings.